The van der Waals surface area contributed by atoms with Gasteiger partial charge in [-0.3, -0.25) is 9.59 Å². The van der Waals surface area contributed by atoms with Gasteiger partial charge in [0.15, 0.2) is 11.5 Å². The topological polar surface area (TPSA) is 61.8 Å². The Hall–Kier alpha value is -2.18. The van der Waals surface area contributed by atoms with Crippen molar-refractivity contribution < 1.29 is 32.6 Å². The van der Waals surface area contributed by atoms with E-state index in [0.717, 1.165) is 31.6 Å². The molecule has 0 unspecified atom stereocenters. The number of unbranched alkanes of at least 4 members (excludes halogenated alkanes) is 2. The van der Waals surface area contributed by atoms with Crippen LogP contribution in [0.25, 0.3) is 0 Å². The number of ether oxygens (including phenoxy) is 3. The second kappa shape index (κ2) is 13.1. The van der Waals surface area contributed by atoms with Crippen LogP contribution in [-0.4, -0.2) is 24.6 Å². The number of hydrogen-bond donors (Lipinski definition) is 0. The van der Waals surface area contributed by atoms with Gasteiger partial charge in [-0.1, -0.05) is 32.6 Å². The lowest BCUT2D eigenvalue weighted by molar-refractivity contribution is -0.158. The molecule has 0 aliphatic heterocycles. The van der Waals surface area contributed by atoms with Crippen LogP contribution in [0.2, 0.25) is 0 Å². The minimum atomic E-state index is -1.23. The van der Waals surface area contributed by atoms with Gasteiger partial charge in [0.05, 0.1) is 18.4 Å². The molecule has 190 valence electrons. The highest BCUT2D eigenvalue weighted by Gasteiger charge is 2.33. The average molecular weight is 481 g/mol. The Morgan fingerprint density at radius 2 is 1.41 bits per heavy atom. The van der Waals surface area contributed by atoms with E-state index in [9.17, 15) is 18.4 Å². The number of benzene rings is 1. The van der Waals surface area contributed by atoms with Crippen LogP contribution in [0.3, 0.4) is 0 Å². The Balaban J connectivity index is 1.40. The molecule has 2 fully saturated rings. The van der Waals surface area contributed by atoms with Crippen LogP contribution in [0, 0.1) is 29.4 Å². The van der Waals surface area contributed by atoms with Crippen molar-refractivity contribution in [3.63, 3.8) is 0 Å². The number of esters is 2. The predicted molar refractivity (Wildman–Crippen MR) is 125 cm³/mol. The Kier molecular flexibility index (Phi) is 10.1. The zero-order valence-electron chi connectivity index (χ0n) is 20.5. The maximum Gasteiger partial charge on any atom is 0.314 e. The molecule has 0 spiro atoms. The Bertz CT molecular complexity index is 811. The lowest BCUT2D eigenvalue weighted by Crippen LogP contribution is -2.32. The van der Waals surface area contributed by atoms with Crippen LogP contribution in [0.4, 0.5) is 8.78 Å². The van der Waals surface area contributed by atoms with E-state index in [-0.39, 0.29) is 30.3 Å². The summed E-state index contributed by atoms with van der Waals surface area (Å²) in [4.78, 5) is 25.1. The molecule has 0 aromatic heterocycles. The molecule has 0 saturated heterocycles. The summed E-state index contributed by atoms with van der Waals surface area (Å²) < 4.78 is 44.1. The van der Waals surface area contributed by atoms with Gasteiger partial charge in [-0.2, -0.15) is 8.78 Å². The van der Waals surface area contributed by atoms with E-state index in [1.807, 2.05) is 0 Å². The third-order valence-corrected chi connectivity index (χ3v) is 7.21. The molecule has 0 amide bonds. The normalized spacial score (nSPS) is 24.9. The van der Waals surface area contributed by atoms with Crippen molar-refractivity contribution in [3.8, 4) is 11.5 Å². The number of carbonyl (C=O) groups excluding carboxylic acids is 2. The summed E-state index contributed by atoms with van der Waals surface area (Å²) in [7, 11) is 0. The maximum atomic E-state index is 14.2. The summed E-state index contributed by atoms with van der Waals surface area (Å²) in [6.07, 6.45) is 11.0. The third-order valence-electron chi connectivity index (χ3n) is 7.21. The summed E-state index contributed by atoms with van der Waals surface area (Å²) in [5, 5.41) is 0. The van der Waals surface area contributed by atoms with Crippen molar-refractivity contribution in [2.45, 2.75) is 97.0 Å². The molecule has 7 heteroatoms. The summed E-state index contributed by atoms with van der Waals surface area (Å²) in [6.45, 7) is 4.08. The van der Waals surface area contributed by atoms with Gasteiger partial charge in [-0.15, -0.1) is 0 Å². The van der Waals surface area contributed by atoms with Crippen LogP contribution in [0.5, 0.6) is 11.5 Å². The minimum absolute atomic E-state index is 0.0114. The van der Waals surface area contributed by atoms with Gasteiger partial charge >= 0.3 is 11.9 Å². The van der Waals surface area contributed by atoms with Gasteiger partial charge in [-0.05, 0) is 76.3 Å². The largest absolute Gasteiger partial charge is 0.491 e. The van der Waals surface area contributed by atoms with Gasteiger partial charge in [-0.25, -0.2) is 0 Å². The van der Waals surface area contributed by atoms with Crippen molar-refractivity contribution in [1.82, 2.24) is 0 Å². The molecule has 2 aliphatic rings. The summed E-state index contributed by atoms with van der Waals surface area (Å²) in [5.41, 5.74) is 0. The molecule has 3 rings (SSSR count). The lowest BCUT2D eigenvalue weighted by atomic mass is 9.79. The summed E-state index contributed by atoms with van der Waals surface area (Å²) in [6, 6.07) is 2.45. The standard InChI is InChI=1S/C27H38F2O5/c1-3-5-6-7-18-8-10-19(11-9-18)26(30)33-21-14-12-20(13-15-21)27(31)34-23-17-16-22(32-4-2)24(28)25(23)29/h16-21H,3-15H2,1-2H3. The first-order chi connectivity index (χ1) is 16.4. The Labute approximate surface area is 201 Å². The number of carbonyl (C=O) groups is 2. The Morgan fingerprint density at radius 3 is 2.06 bits per heavy atom. The molecular formula is C27H38F2O5. The molecule has 0 radical (unpaired) electrons. The lowest BCUT2D eigenvalue weighted by Gasteiger charge is -2.31. The zero-order chi connectivity index (χ0) is 24.5. The van der Waals surface area contributed by atoms with Crippen LogP contribution in [0.15, 0.2) is 12.1 Å². The molecule has 0 heterocycles. The van der Waals surface area contributed by atoms with E-state index in [4.69, 9.17) is 14.2 Å². The number of halogens is 2. The van der Waals surface area contributed by atoms with Crippen molar-refractivity contribution in [3.05, 3.63) is 23.8 Å². The fourth-order valence-electron chi connectivity index (χ4n) is 5.10. The first-order valence-electron chi connectivity index (χ1n) is 13.0. The summed E-state index contributed by atoms with van der Waals surface area (Å²) in [5.74, 6) is -3.45. The van der Waals surface area contributed by atoms with Crippen LogP contribution >= 0.6 is 0 Å². The molecule has 2 saturated carbocycles. The zero-order valence-corrected chi connectivity index (χ0v) is 20.5. The van der Waals surface area contributed by atoms with Crippen LogP contribution in [0.1, 0.15) is 90.9 Å². The molecule has 1 aromatic rings. The number of hydrogen-bond acceptors (Lipinski definition) is 5. The van der Waals surface area contributed by atoms with E-state index in [1.54, 1.807) is 6.92 Å². The molecule has 0 atom stereocenters. The smallest absolute Gasteiger partial charge is 0.314 e. The maximum absolute atomic E-state index is 14.2. The number of rotatable bonds is 10. The van der Waals surface area contributed by atoms with Crippen LogP contribution < -0.4 is 9.47 Å². The molecule has 0 N–H and O–H groups in total. The Morgan fingerprint density at radius 1 is 0.824 bits per heavy atom. The third kappa shape index (κ3) is 7.16. The second-order valence-corrected chi connectivity index (χ2v) is 9.67. The van der Waals surface area contributed by atoms with Crippen molar-refractivity contribution in [1.29, 1.82) is 0 Å². The van der Waals surface area contributed by atoms with Gasteiger partial charge in [0.1, 0.15) is 6.10 Å². The molecule has 1 aromatic carbocycles. The van der Waals surface area contributed by atoms with E-state index in [2.05, 4.69) is 6.92 Å². The van der Waals surface area contributed by atoms with E-state index >= 15 is 0 Å². The minimum Gasteiger partial charge on any atom is -0.491 e. The van der Waals surface area contributed by atoms with Gasteiger partial charge in [0, 0.05) is 0 Å². The summed E-state index contributed by atoms with van der Waals surface area (Å²) >= 11 is 0. The molecular weight excluding hydrogens is 442 g/mol. The highest BCUT2D eigenvalue weighted by Crippen LogP contribution is 2.35. The van der Waals surface area contributed by atoms with E-state index in [1.165, 1.54) is 37.8 Å². The van der Waals surface area contributed by atoms with Gasteiger partial charge < -0.3 is 14.2 Å². The molecule has 2 aliphatic carbocycles. The SMILES string of the molecule is CCCCCC1CCC(C(=O)OC2CCC(C(=O)Oc3ccc(OCC)c(F)c3F)CC2)CC1. The quantitative estimate of drug-likeness (QED) is 0.210. The fraction of sp³-hybridized carbons (Fsp3) is 0.704. The highest BCUT2D eigenvalue weighted by molar-refractivity contribution is 5.75. The average Bonchev–Trinajstić information content (AvgIpc) is 2.85. The van der Waals surface area contributed by atoms with Crippen molar-refractivity contribution >= 4 is 11.9 Å². The highest BCUT2D eigenvalue weighted by atomic mass is 19.2. The monoisotopic (exact) mass is 480 g/mol. The molecule has 34 heavy (non-hydrogen) atoms. The van der Waals surface area contributed by atoms with Crippen molar-refractivity contribution in [2.75, 3.05) is 6.61 Å². The predicted octanol–water partition coefficient (Wildman–Crippen LogP) is 6.76. The first kappa shape index (κ1) is 26.4. The van der Waals surface area contributed by atoms with Gasteiger partial charge in [0.25, 0.3) is 0 Å². The van der Waals surface area contributed by atoms with E-state index < -0.39 is 29.3 Å². The molecule has 5 nitrogen and oxygen atoms in total. The van der Waals surface area contributed by atoms with Gasteiger partial charge in [0.2, 0.25) is 11.6 Å². The first-order valence-corrected chi connectivity index (χ1v) is 13.0. The fourth-order valence-corrected chi connectivity index (χ4v) is 5.10. The van der Waals surface area contributed by atoms with E-state index in [0.29, 0.717) is 25.7 Å². The molecule has 0 bridgehead atoms. The van der Waals surface area contributed by atoms with Crippen LogP contribution in [-0.2, 0) is 14.3 Å². The second-order valence-electron chi connectivity index (χ2n) is 9.67. The van der Waals surface area contributed by atoms with Crippen molar-refractivity contribution in [2.24, 2.45) is 17.8 Å².